The van der Waals surface area contributed by atoms with E-state index < -0.39 is 6.23 Å². The molecule has 2 fully saturated rings. The lowest BCUT2D eigenvalue weighted by Gasteiger charge is -2.31. The number of carbonyl (C=O) groups is 2. The van der Waals surface area contributed by atoms with Gasteiger partial charge >= 0.3 is 0 Å². The van der Waals surface area contributed by atoms with Gasteiger partial charge in [0.2, 0.25) is 0 Å². The molecule has 0 aliphatic carbocycles. The normalized spacial score (nSPS) is 21.6. The molecule has 2 saturated heterocycles. The third-order valence-corrected chi connectivity index (χ3v) is 10.8. The number of amides is 2. The van der Waals surface area contributed by atoms with Crippen LogP contribution in [0.3, 0.4) is 0 Å². The highest BCUT2D eigenvalue weighted by Gasteiger charge is 2.43. The minimum absolute atomic E-state index is 0.0399. The van der Waals surface area contributed by atoms with Crippen molar-refractivity contribution in [2.75, 3.05) is 52.5 Å². The third-order valence-electron chi connectivity index (χ3n) is 10.8. The van der Waals surface area contributed by atoms with Gasteiger partial charge in [0.25, 0.3) is 11.8 Å². The number of rotatable bonds is 12. The highest BCUT2D eigenvalue weighted by Crippen LogP contribution is 2.43. The number of likely N-dealkylation sites (N-methyl/N-ethyl adjacent to an activating group) is 1. The standard InChI is InChI=1S/C40H52N4O7/c1-24-14-26-20-41-29-18-34(32(48-8)16-27(29)36(45)43(26)21-24)51-23-40(5,6)11-10-39(3,4)12-13-50-35-19-30-28(17-33(35)49-9)37(46)44-22-25(2)15-31(44)38(47)42(30)7/h16-20,26,31,38,47H,1-2,10-15,21-23H2,3-9H3/t26?,31-,38-/m0/s1. The number of benzene rings is 2. The van der Waals surface area contributed by atoms with Crippen molar-refractivity contribution in [1.82, 2.24) is 9.80 Å². The van der Waals surface area contributed by atoms with Gasteiger partial charge in [0.1, 0.15) is 6.23 Å². The Bertz CT molecular complexity index is 1770. The molecule has 0 aromatic heterocycles. The minimum Gasteiger partial charge on any atom is -0.493 e. The smallest absolute Gasteiger partial charge is 0.257 e. The number of ether oxygens (including phenoxy) is 4. The van der Waals surface area contributed by atoms with Gasteiger partial charge in [0.15, 0.2) is 23.0 Å². The summed E-state index contributed by atoms with van der Waals surface area (Å²) >= 11 is 0. The number of anilines is 1. The number of fused-ring (bicyclic) bond motifs is 4. The van der Waals surface area contributed by atoms with E-state index >= 15 is 0 Å². The fraction of sp³-hybridized carbons (Fsp3) is 0.525. The Labute approximate surface area is 301 Å². The molecule has 0 radical (unpaired) electrons. The summed E-state index contributed by atoms with van der Waals surface area (Å²) < 4.78 is 24.0. The van der Waals surface area contributed by atoms with Crippen LogP contribution in [0.1, 0.15) is 80.5 Å². The van der Waals surface area contributed by atoms with Gasteiger partial charge in [-0.1, -0.05) is 52.0 Å². The summed E-state index contributed by atoms with van der Waals surface area (Å²) in [4.78, 5) is 36.8. The van der Waals surface area contributed by atoms with Crippen LogP contribution in [0, 0.1) is 10.8 Å². The molecule has 11 nitrogen and oxygen atoms in total. The largest absolute Gasteiger partial charge is 0.493 e. The summed E-state index contributed by atoms with van der Waals surface area (Å²) in [5.41, 5.74) is 3.94. The highest BCUT2D eigenvalue weighted by molar-refractivity contribution is 6.04. The number of aliphatic hydroxyl groups is 1. The first-order valence-electron chi connectivity index (χ1n) is 17.7. The van der Waals surface area contributed by atoms with E-state index in [4.69, 9.17) is 18.9 Å². The fourth-order valence-corrected chi connectivity index (χ4v) is 7.35. The zero-order valence-electron chi connectivity index (χ0n) is 31.1. The van der Waals surface area contributed by atoms with Gasteiger partial charge in [-0.2, -0.15) is 0 Å². The summed E-state index contributed by atoms with van der Waals surface area (Å²) in [6, 6.07) is 6.64. The molecule has 2 aromatic carbocycles. The van der Waals surface area contributed by atoms with Crippen molar-refractivity contribution in [2.45, 2.75) is 78.1 Å². The Kier molecular flexibility index (Phi) is 9.89. The van der Waals surface area contributed by atoms with E-state index in [2.05, 4.69) is 45.8 Å². The van der Waals surface area contributed by atoms with Gasteiger partial charge in [-0.3, -0.25) is 14.6 Å². The van der Waals surface area contributed by atoms with Gasteiger partial charge in [-0.25, -0.2) is 0 Å². The van der Waals surface area contributed by atoms with E-state index in [0.717, 1.165) is 36.8 Å². The number of nitrogens with zero attached hydrogens (tertiary/aromatic N) is 4. The van der Waals surface area contributed by atoms with Crippen LogP contribution in [-0.4, -0.2) is 98.8 Å². The zero-order valence-corrected chi connectivity index (χ0v) is 31.1. The summed E-state index contributed by atoms with van der Waals surface area (Å²) in [5.74, 6) is 1.86. The molecule has 3 atom stereocenters. The van der Waals surface area contributed by atoms with Crippen molar-refractivity contribution in [3.63, 3.8) is 0 Å². The highest BCUT2D eigenvalue weighted by atomic mass is 16.5. The zero-order chi connectivity index (χ0) is 36.8. The number of aliphatic hydroxyl groups excluding tert-OH is 1. The van der Waals surface area contributed by atoms with Crippen LogP contribution in [0.4, 0.5) is 11.4 Å². The lowest BCUT2D eigenvalue weighted by Crippen LogP contribution is -2.47. The minimum atomic E-state index is -0.864. The molecule has 51 heavy (non-hydrogen) atoms. The Morgan fingerprint density at radius 2 is 1.41 bits per heavy atom. The quantitative estimate of drug-likeness (QED) is 0.253. The first kappa shape index (κ1) is 36.3. The van der Waals surface area contributed by atoms with Crippen molar-refractivity contribution in [3.8, 4) is 23.0 Å². The van der Waals surface area contributed by atoms with Crippen LogP contribution >= 0.6 is 0 Å². The predicted octanol–water partition coefficient (Wildman–Crippen LogP) is 6.41. The molecule has 4 aliphatic rings. The van der Waals surface area contributed by atoms with Crippen molar-refractivity contribution in [2.24, 2.45) is 15.8 Å². The number of hydrogen-bond acceptors (Lipinski definition) is 9. The maximum Gasteiger partial charge on any atom is 0.257 e. The SMILES string of the molecule is C=C1CC2C=Nc3cc(OCC(C)(C)CCC(C)(C)CCOc4cc5c(cc4OC)C(=O)N4CC(=C)C[C@H]4[C@H](O)N5C)c(OC)cc3C(=O)N2C1. The van der Waals surface area contributed by atoms with E-state index in [-0.39, 0.29) is 34.7 Å². The van der Waals surface area contributed by atoms with Crippen LogP contribution in [-0.2, 0) is 0 Å². The van der Waals surface area contributed by atoms with Gasteiger partial charge in [0, 0.05) is 38.5 Å². The van der Waals surface area contributed by atoms with Crippen LogP contribution in [0.15, 0.2) is 53.6 Å². The molecule has 0 saturated carbocycles. The van der Waals surface area contributed by atoms with Gasteiger partial charge in [-0.15, -0.1) is 0 Å². The molecule has 2 aromatic rings. The summed E-state index contributed by atoms with van der Waals surface area (Å²) in [6.07, 6.45) is 4.89. The summed E-state index contributed by atoms with van der Waals surface area (Å²) in [7, 11) is 4.94. The molecule has 6 rings (SSSR count). The number of aliphatic imine (C=N–C) groups is 1. The van der Waals surface area contributed by atoms with Crippen LogP contribution in [0.5, 0.6) is 23.0 Å². The molecule has 0 spiro atoms. The monoisotopic (exact) mass is 700 g/mol. The number of methoxy groups -OCH3 is 2. The Balaban J connectivity index is 1.06. The van der Waals surface area contributed by atoms with Crippen molar-refractivity contribution < 1.29 is 33.6 Å². The molecule has 2 amide bonds. The van der Waals surface area contributed by atoms with E-state index in [1.165, 1.54) is 0 Å². The Hall–Kier alpha value is -4.51. The maximum atomic E-state index is 13.5. The second kappa shape index (κ2) is 13.9. The van der Waals surface area contributed by atoms with Crippen molar-refractivity contribution in [3.05, 3.63) is 59.7 Å². The molecular formula is C40H52N4O7. The van der Waals surface area contributed by atoms with Crippen LogP contribution in [0.25, 0.3) is 0 Å². The molecule has 274 valence electrons. The lowest BCUT2D eigenvalue weighted by molar-refractivity contribution is 0.0527. The van der Waals surface area contributed by atoms with Crippen molar-refractivity contribution in [1.29, 1.82) is 0 Å². The molecular weight excluding hydrogens is 648 g/mol. The predicted molar refractivity (Wildman–Crippen MR) is 198 cm³/mol. The van der Waals surface area contributed by atoms with E-state index in [9.17, 15) is 14.7 Å². The fourth-order valence-electron chi connectivity index (χ4n) is 7.35. The summed E-state index contributed by atoms with van der Waals surface area (Å²) in [6.45, 7) is 18.8. The molecule has 1 unspecified atom stereocenters. The lowest BCUT2D eigenvalue weighted by atomic mass is 9.78. The van der Waals surface area contributed by atoms with Gasteiger partial charge < -0.3 is 38.8 Å². The molecule has 1 N–H and O–H groups in total. The van der Waals surface area contributed by atoms with Crippen LogP contribution < -0.4 is 23.8 Å². The Morgan fingerprint density at radius 1 is 0.804 bits per heavy atom. The maximum absolute atomic E-state index is 13.5. The van der Waals surface area contributed by atoms with E-state index in [1.807, 2.05) is 17.2 Å². The second-order valence-electron chi connectivity index (χ2n) is 16.0. The molecule has 4 heterocycles. The Morgan fingerprint density at radius 3 is 2.12 bits per heavy atom. The average molecular weight is 701 g/mol. The molecule has 11 heteroatoms. The van der Waals surface area contributed by atoms with Gasteiger partial charge in [0.05, 0.1) is 62.0 Å². The van der Waals surface area contributed by atoms with E-state index in [0.29, 0.717) is 78.2 Å². The van der Waals surface area contributed by atoms with Crippen LogP contribution in [0.2, 0.25) is 0 Å². The van der Waals surface area contributed by atoms with Crippen molar-refractivity contribution >= 4 is 29.4 Å². The summed E-state index contributed by atoms with van der Waals surface area (Å²) in [5, 5.41) is 11.1. The van der Waals surface area contributed by atoms with E-state index in [1.54, 1.807) is 49.3 Å². The first-order chi connectivity index (χ1) is 24.1. The first-order valence-corrected chi connectivity index (χ1v) is 17.7. The third kappa shape index (κ3) is 7.31. The van der Waals surface area contributed by atoms with Gasteiger partial charge in [-0.05, 0) is 55.1 Å². The topological polar surface area (TPSA) is 113 Å². The molecule has 4 aliphatic heterocycles. The average Bonchev–Trinajstić information content (AvgIpc) is 3.64. The molecule has 0 bridgehead atoms. The second-order valence-corrected chi connectivity index (χ2v) is 16.0. The number of carbonyl (C=O) groups excluding carboxylic acids is 2. The number of hydrogen-bond donors (Lipinski definition) is 1.